The van der Waals surface area contributed by atoms with Crippen molar-refractivity contribution in [1.82, 2.24) is 10.2 Å². The molecule has 2 rings (SSSR count). The summed E-state index contributed by atoms with van der Waals surface area (Å²) in [5.41, 5.74) is 1.92. The van der Waals surface area contributed by atoms with Gasteiger partial charge < -0.3 is 10.2 Å². The molecule has 0 saturated heterocycles. The highest BCUT2D eigenvalue weighted by atomic mass is 127. The first kappa shape index (κ1) is 22.4. The predicted octanol–water partition coefficient (Wildman–Crippen LogP) is 3.05. The molecule has 0 radical (unpaired) electrons. The van der Waals surface area contributed by atoms with Crippen molar-refractivity contribution in [3.05, 3.63) is 65.5 Å². The molecule has 0 aromatic heterocycles. The summed E-state index contributed by atoms with van der Waals surface area (Å²) in [5, 5.41) is 3.23. The lowest BCUT2D eigenvalue weighted by molar-refractivity contribution is 0.476. The van der Waals surface area contributed by atoms with Gasteiger partial charge in [-0.05, 0) is 35.4 Å². The molecule has 0 atom stereocenters. The van der Waals surface area contributed by atoms with E-state index in [1.54, 1.807) is 43.4 Å². The molecule has 0 heterocycles. The van der Waals surface area contributed by atoms with Crippen molar-refractivity contribution in [2.45, 2.75) is 18.0 Å². The maximum absolute atomic E-state index is 13.0. The number of hydrogen-bond donors (Lipinski definition) is 1. The van der Waals surface area contributed by atoms with Crippen LogP contribution in [0, 0.1) is 5.82 Å². The lowest BCUT2D eigenvalue weighted by atomic mass is 10.2. The first-order chi connectivity index (χ1) is 11.8. The number of hydrogen-bond acceptors (Lipinski definition) is 3. The van der Waals surface area contributed by atoms with Gasteiger partial charge in [0.25, 0.3) is 0 Å². The highest BCUT2D eigenvalue weighted by Gasteiger charge is 2.08. The lowest BCUT2D eigenvalue weighted by Crippen LogP contribution is -2.38. The zero-order valence-corrected chi connectivity index (χ0v) is 18.1. The van der Waals surface area contributed by atoms with E-state index in [1.165, 1.54) is 18.4 Å². The van der Waals surface area contributed by atoms with Gasteiger partial charge in [-0.1, -0.05) is 24.3 Å². The first-order valence-corrected chi connectivity index (χ1v) is 9.64. The number of rotatable bonds is 5. The van der Waals surface area contributed by atoms with Crippen LogP contribution < -0.4 is 5.32 Å². The number of aliphatic imine (C=N–C) groups is 1. The quantitative estimate of drug-likeness (QED) is 0.397. The van der Waals surface area contributed by atoms with Crippen LogP contribution in [0.3, 0.4) is 0 Å². The molecule has 0 bridgehead atoms. The lowest BCUT2D eigenvalue weighted by Gasteiger charge is -2.22. The third-order valence-corrected chi connectivity index (χ3v) is 4.84. The topological polar surface area (TPSA) is 61.8 Å². The molecule has 0 spiro atoms. The molecule has 26 heavy (non-hydrogen) atoms. The Labute approximate surface area is 171 Å². The molecule has 0 saturated carbocycles. The molecule has 2 aromatic rings. The summed E-state index contributed by atoms with van der Waals surface area (Å²) >= 11 is 0. The molecule has 0 fully saturated rings. The maximum Gasteiger partial charge on any atom is 0.193 e. The third kappa shape index (κ3) is 6.56. The van der Waals surface area contributed by atoms with Gasteiger partial charge in [-0.2, -0.15) is 0 Å². The average Bonchev–Trinajstić information content (AvgIpc) is 2.57. The van der Waals surface area contributed by atoms with E-state index in [4.69, 9.17) is 0 Å². The smallest absolute Gasteiger partial charge is 0.193 e. The Bertz CT molecular complexity index is 838. The Morgan fingerprint density at radius 1 is 1.08 bits per heavy atom. The summed E-state index contributed by atoms with van der Waals surface area (Å²) in [6.07, 6.45) is 1.19. The van der Waals surface area contributed by atoms with Crippen molar-refractivity contribution in [2.75, 3.05) is 20.4 Å². The van der Waals surface area contributed by atoms with E-state index >= 15 is 0 Å². The van der Waals surface area contributed by atoms with Crippen molar-refractivity contribution in [1.29, 1.82) is 0 Å². The zero-order chi connectivity index (χ0) is 18.4. The van der Waals surface area contributed by atoms with Crippen LogP contribution >= 0.6 is 24.0 Å². The Morgan fingerprint density at radius 3 is 2.12 bits per heavy atom. The first-order valence-electron chi connectivity index (χ1n) is 7.75. The van der Waals surface area contributed by atoms with Crippen LogP contribution in [0.2, 0.25) is 0 Å². The zero-order valence-electron chi connectivity index (χ0n) is 14.9. The summed E-state index contributed by atoms with van der Waals surface area (Å²) in [7, 11) is 0.399. The van der Waals surface area contributed by atoms with Crippen LogP contribution in [-0.4, -0.2) is 39.6 Å². The summed E-state index contributed by atoms with van der Waals surface area (Å²) in [6.45, 7) is 1.11. The minimum absolute atomic E-state index is 0. The van der Waals surface area contributed by atoms with Crippen LogP contribution in [0.15, 0.2) is 58.4 Å². The van der Waals surface area contributed by atoms with Crippen molar-refractivity contribution in [2.24, 2.45) is 4.99 Å². The fourth-order valence-corrected chi connectivity index (χ4v) is 2.99. The molecule has 0 aliphatic heterocycles. The van der Waals surface area contributed by atoms with E-state index in [0.717, 1.165) is 11.1 Å². The summed E-state index contributed by atoms with van der Waals surface area (Å²) in [4.78, 5) is 6.46. The molecule has 0 unspecified atom stereocenters. The molecule has 0 amide bonds. The van der Waals surface area contributed by atoms with Gasteiger partial charge in [0.1, 0.15) is 5.82 Å². The van der Waals surface area contributed by atoms with Gasteiger partial charge >= 0.3 is 0 Å². The number of nitrogens with zero attached hydrogens (tertiary/aromatic N) is 2. The molecule has 2 aromatic carbocycles. The van der Waals surface area contributed by atoms with E-state index < -0.39 is 9.84 Å². The Morgan fingerprint density at radius 2 is 1.62 bits per heavy atom. The fraction of sp³-hybridized carbons (Fsp3) is 0.278. The van der Waals surface area contributed by atoms with Gasteiger partial charge in [-0.15, -0.1) is 24.0 Å². The van der Waals surface area contributed by atoms with Crippen molar-refractivity contribution in [3.63, 3.8) is 0 Å². The van der Waals surface area contributed by atoms with Gasteiger partial charge in [0.15, 0.2) is 15.8 Å². The Kier molecular flexibility index (Phi) is 8.48. The van der Waals surface area contributed by atoms with E-state index in [9.17, 15) is 12.8 Å². The molecule has 8 heteroatoms. The second kappa shape index (κ2) is 9.86. The molecule has 5 nitrogen and oxygen atoms in total. The highest BCUT2D eigenvalue weighted by molar-refractivity contribution is 14.0. The molecule has 1 N–H and O–H groups in total. The predicted molar refractivity (Wildman–Crippen MR) is 113 cm³/mol. The van der Waals surface area contributed by atoms with Crippen molar-refractivity contribution >= 4 is 39.8 Å². The number of guanidine groups is 1. The van der Waals surface area contributed by atoms with Gasteiger partial charge in [-0.25, -0.2) is 12.8 Å². The highest BCUT2D eigenvalue weighted by Crippen LogP contribution is 2.10. The summed E-state index contributed by atoms with van der Waals surface area (Å²) < 4.78 is 35.9. The van der Waals surface area contributed by atoms with Gasteiger partial charge in [0.2, 0.25) is 0 Å². The van der Waals surface area contributed by atoms with Crippen molar-refractivity contribution < 1.29 is 12.8 Å². The fourth-order valence-electron chi connectivity index (χ4n) is 2.36. The number of sulfone groups is 1. The molecule has 0 aliphatic carbocycles. The van der Waals surface area contributed by atoms with Crippen LogP contribution in [0.4, 0.5) is 4.39 Å². The number of halogens is 2. The SMILES string of the molecule is CN=C(NCc1ccc(S(C)(=O)=O)cc1)N(C)Cc1ccc(F)cc1.I. The normalized spacial score (nSPS) is 11.6. The number of benzene rings is 2. The molecule has 0 aliphatic rings. The van der Waals surface area contributed by atoms with Gasteiger partial charge in [0.05, 0.1) is 4.90 Å². The third-order valence-electron chi connectivity index (χ3n) is 3.71. The monoisotopic (exact) mass is 491 g/mol. The van der Waals surface area contributed by atoms with Crippen LogP contribution in [-0.2, 0) is 22.9 Å². The molecule has 142 valence electrons. The van der Waals surface area contributed by atoms with Gasteiger partial charge in [-0.3, -0.25) is 4.99 Å². The van der Waals surface area contributed by atoms with Crippen LogP contribution in [0.1, 0.15) is 11.1 Å². The maximum atomic E-state index is 13.0. The van der Waals surface area contributed by atoms with E-state index in [-0.39, 0.29) is 29.8 Å². The van der Waals surface area contributed by atoms with Crippen molar-refractivity contribution in [3.8, 4) is 0 Å². The van der Waals surface area contributed by atoms with E-state index in [2.05, 4.69) is 10.3 Å². The van der Waals surface area contributed by atoms with Gasteiger partial charge in [0, 0.05) is 33.4 Å². The largest absolute Gasteiger partial charge is 0.352 e. The van der Waals surface area contributed by atoms with Crippen LogP contribution in [0.25, 0.3) is 0 Å². The minimum atomic E-state index is -3.19. The summed E-state index contributed by atoms with van der Waals surface area (Å²) in [5.74, 6) is 0.433. The number of nitrogens with one attached hydrogen (secondary N) is 1. The second-order valence-electron chi connectivity index (χ2n) is 5.80. The average molecular weight is 491 g/mol. The Balaban J connectivity index is 0.00000338. The minimum Gasteiger partial charge on any atom is -0.352 e. The molecular formula is C18H23FIN3O2S. The van der Waals surface area contributed by atoms with E-state index in [1.807, 2.05) is 11.9 Å². The summed E-state index contributed by atoms with van der Waals surface area (Å²) in [6, 6.07) is 13.1. The standard InChI is InChI=1S/C18H22FN3O2S.HI/c1-20-18(22(2)13-15-4-8-16(19)9-5-15)21-12-14-6-10-17(11-7-14)25(3,23)24;/h4-11H,12-13H2,1-3H3,(H,20,21);1H. The van der Waals surface area contributed by atoms with E-state index in [0.29, 0.717) is 23.9 Å². The second-order valence-corrected chi connectivity index (χ2v) is 7.82. The molecular weight excluding hydrogens is 468 g/mol. The Hall–Kier alpha value is -1.68. The van der Waals surface area contributed by atoms with Crippen LogP contribution in [0.5, 0.6) is 0 Å².